The molecule has 1 rings (SSSR count). The number of hydrogen-bond donors (Lipinski definition) is 1. The Kier molecular flexibility index (Phi) is 2.85. The van der Waals surface area contributed by atoms with Crippen molar-refractivity contribution < 1.29 is 14.7 Å². The zero-order chi connectivity index (χ0) is 10.7. The summed E-state index contributed by atoms with van der Waals surface area (Å²) in [6.45, 7) is -0.0539. The maximum Gasteiger partial charge on any atom is 0.354 e. The van der Waals surface area contributed by atoms with Gasteiger partial charge in [-0.1, -0.05) is 0 Å². The van der Waals surface area contributed by atoms with Gasteiger partial charge in [-0.25, -0.2) is 9.48 Å². The fraction of sp³-hybridized carbons (Fsp3) is 0.375. The van der Waals surface area contributed by atoms with Gasteiger partial charge in [-0.3, -0.25) is 4.79 Å². The van der Waals surface area contributed by atoms with Crippen molar-refractivity contribution in [1.82, 2.24) is 14.7 Å². The Morgan fingerprint density at radius 2 is 2.21 bits per heavy atom. The number of carboxylic acid groups (broad SMARTS) is 1. The first-order valence-electron chi connectivity index (χ1n) is 3.97. The molecule has 6 nitrogen and oxygen atoms in total. The summed E-state index contributed by atoms with van der Waals surface area (Å²) in [6, 6.07) is 1.35. The number of aromatic nitrogens is 2. The van der Waals surface area contributed by atoms with Gasteiger partial charge in [0.2, 0.25) is 5.91 Å². The van der Waals surface area contributed by atoms with Gasteiger partial charge in [0.25, 0.3) is 0 Å². The van der Waals surface area contributed by atoms with Gasteiger partial charge in [0, 0.05) is 20.3 Å². The molecule has 0 aliphatic carbocycles. The molecule has 76 valence electrons. The van der Waals surface area contributed by atoms with Crippen molar-refractivity contribution in [2.24, 2.45) is 0 Å². The number of carbonyl (C=O) groups is 2. The van der Waals surface area contributed by atoms with Crippen LogP contribution in [0.5, 0.6) is 0 Å². The van der Waals surface area contributed by atoms with Crippen LogP contribution in [0.15, 0.2) is 12.3 Å². The Morgan fingerprint density at radius 3 is 2.71 bits per heavy atom. The molecular formula is C8H11N3O3. The number of carbonyl (C=O) groups excluding carboxylic acids is 1. The van der Waals surface area contributed by atoms with E-state index in [4.69, 9.17) is 5.11 Å². The Balaban J connectivity index is 2.82. The molecule has 0 atom stereocenters. The summed E-state index contributed by atoms with van der Waals surface area (Å²) in [5.74, 6) is -1.29. The lowest BCUT2D eigenvalue weighted by atomic mass is 10.4. The van der Waals surface area contributed by atoms with E-state index < -0.39 is 5.97 Å². The molecule has 0 saturated carbocycles. The van der Waals surface area contributed by atoms with Gasteiger partial charge in [-0.2, -0.15) is 5.10 Å². The van der Waals surface area contributed by atoms with Gasteiger partial charge >= 0.3 is 5.97 Å². The Bertz CT molecular complexity index is 356. The summed E-state index contributed by atoms with van der Waals surface area (Å²) in [4.78, 5) is 23.3. The van der Waals surface area contributed by atoms with Crippen molar-refractivity contribution >= 4 is 11.9 Å². The molecule has 0 aromatic carbocycles. The van der Waals surface area contributed by atoms with Crippen LogP contribution in [0.4, 0.5) is 0 Å². The van der Waals surface area contributed by atoms with E-state index in [1.54, 1.807) is 14.1 Å². The highest BCUT2D eigenvalue weighted by Crippen LogP contribution is 1.99. The second kappa shape index (κ2) is 3.91. The summed E-state index contributed by atoms with van der Waals surface area (Å²) < 4.78 is 1.16. The van der Waals surface area contributed by atoms with Crippen molar-refractivity contribution in [2.45, 2.75) is 6.54 Å². The first-order valence-corrected chi connectivity index (χ1v) is 3.97. The normalized spacial score (nSPS) is 9.86. The highest BCUT2D eigenvalue weighted by atomic mass is 16.4. The predicted octanol–water partition coefficient (Wildman–Crippen LogP) is -0.331. The highest BCUT2D eigenvalue weighted by molar-refractivity contribution is 5.86. The third-order valence-corrected chi connectivity index (χ3v) is 1.72. The molecule has 0 bridgehead atoms. The van der Waals surface area contributed by atoms with E-state index in [0.717, 1.165) is 4.68 Å². The molecular weight excluding hydrogens is 186 g/mol. The second-order valence-corrected chi connectivity index (χ2v) is 2.97. The maximum atomic E-state index is 11.3. The predicted molar refractivity (Wildman–Crippen MR) is 47.9 cm³/mol. The van der Waals surface area contributed by atoms with E-state index >= 15 is 0 Å². The lowest BCUT2D eigenvalue weighted by Gasteiger charge is -2.10. The largest absolute Gasteiger partial charge is 0.477 e. The van der Waals surface area contributed by atoms with Crippen LogP contribution in [-0.4, -0.2) is 45.8 Å². The molecule has 1 aromatic heterocycles. The zero-order valence-corrected chi connectivity index (χ0v) is 7.97. The van der Waals surface area contributed by atoms with E-state index in [9.17, 15) is 9.59 Å². The van der Waals surface area contributed by atoms with Crippen LogP contribution in [0.2, 0.25) is 0 Å². The van der Waals surface area contributed by atoms with E-state index in [2.05, 4.69) is 5.10 Å². The number of hydrogen-bond acceptors (Lipinski definition) is 3. The SMILES string of the molecule is CN(C)C(=O)Cn1nccc1C(=O)O. The van der Waals surface area contributed by atoms with Gasteiger partial charge in [0.1, 0.15) is 12.2 Å². The van der Waals surface area contributed by atoms with E-state index in [-0.39, 0.29) is 18.1 Å². The van der Waals surface area contributed by atoms with Crippen LogP contribution in [0, 0.1) is 0 Å². The Labute approximate surface area is 80.7 Å². The standard InChI is InChI=1S/C8H11N3O3/c1-10(2)7(12)5-11-6(8(13)14)3-4-9-11/h3-4H,5H2,1-2H3,(H,13,14). The molecule has 0 unspecified atom stereocenters. The fourth-order valence-corrected chi connectivity index (χ4v) is 0.910. The first-order chi connectivity index (χ1) is 6.52. The summed E-state index contributed by atoms with van der Waals surface area (Å²) in [5.41, 5.74) is 0.0141. The van der Waals surface area contributed by atoms with E-state index in [1.807, 2.05) is 0 Å². The molecule has 14 heavy (non-hydrogen) atoms. The average Bonchev–Trinajstić information content (AvgIpc) is 2.52. The van der Waals surface area contributed by atoms with Crippen molar-refractivity contribution in [2.75, 3.05) is 14.1 Å². The molecule has 6 heteroatoms. The highest BCUT2D eigenvalue weighted by Gasteiger charge is 2.13. The maximum absolute atomic E-state index is 11.3. The summed E-state index contributed by atoms with van der Waals surface area (Å²) >= 11 is 0. The van der Waals surface area contributed by atoms with Crippen LogP contribution in [0.3, 0.4) is 0 Å². The van der Waals surface area contributed by atoms with Gasteiger partial charge in [0.15, 0.2) is 0 Å². The van der Waals surface area contributed by atoms with Gasteiger partial charge in [-0.15, -0.1) is 0 Å². The molecule has 1 N–H and O–H groups in total. The minimum atomic E-state index is -1.09. The summed E-state index contributed by atoms with van der Waals surface area (Å²) in [6.07, 6.45) is 1.35. The zero-order valence-electron chi connectivity index (χ0n) is 7.97. The van der Waals surface area contributed by atoms with Crippen molar-refractivity contribution in [3.05, 3.63) is 18.0 Å². The smallest absolute Gasteiger partial charge is 0.354 e. The van der Waals surface area contributed by atoms with Crippen LogP contribution in [-0.2, 0) is 11.3 Å². The third kappa shape index (κ3) is 2.09. The minimum Gasteiger partial charge on any atom is -0.477 e. The quantitative estimate of drug-likeness (QED) is 0.719. The van der Waals surface area contributed by atoms with Crippen molar-refractivity contribution in [3.8, 4) is 0 Å². The van der Waals surface area contributed by atoms with E-state index in [1.165, 1.54) is 17.2 Å². The van der Waals surface area contributed by atoms with Crippen LogP contribution >= 0.6 is 0 Å². The number of aromatic carboxylic acids is 1. The average molecular weight is 197 g/mol. The molecule has 1 amide bonds. The molecule has 0 fully saturated rings. The molecule has 0 aliphatic rings. The van der Waals surface area contributed by atoms with Crippen LogP contribution < -0.4 is 0 Å². The summed E-state index contributed by atoms with van der Waals surface area (Å²) in [5, 5.41) is 12.5. The summed E-state index contributed by atoms with van der Waals surface area (Å²) in [7, 11) is 3.21. The molecule has 1 aromatic rings. The fourth-order valence-electron chi connectivity index (χ4n) is 0.910. The Hall–Kier alpha value is -1.85. The number of rotatable bonds is 3. The number of amides is 1. The second-order valence-electron chi connectivity index (χ2n) is 2.97. The molecule has 1 heterocycles. The third-order valence-electron chi connectivity index (χ3n) is 1.72. The van der Waals surface area contributed by atoms with Crippen LogP contribution in [0.25, 0.3) is 0 Å². The molecule has 0 saturated heterocycles. The number of carboxylic acids is 1. The van der Waals surface area contributed by atoms with Gasteiger partial charge in [0.05, 0.1) is 0 Å². The number of nitrogens with zero attached hydrogens (tertiary/aromatic N) is 3. The van der Waals surface area contributed by atoms with Crippen LogP contribution in [0.1, 0.15) is 10.5 Å². The lowest BCUT2D eigenvalue weighted by Crippen LogP contribution is -2.28. The number of likely N-dealkylation sites (N-methyl/N-ethyl adjacent to an activating group) is 1. The van der Waals surface area contributed by atoms with E-state index in [0.29, 0.717) is 0 Å². The molecule has 0 aliphatic heterocycles. The topological polar surface area (TPSA) is 75.4 Å². The first kappa shape index (κ1) is 10.2. The van der Waals surface area contributed by atoms with Gasteiger partial charge < -0.3 is 10.0 Å². The van der Waals surface area contributed by atoms with Crippen molar-refractivity contribution in [1.29, 1.82) is 0 Å². The van der Waals surface area contributed by atoms with Crippen molar-refractivity contribution in [3.63, 3.8) is 0 Å². The molecule has 0 radical (unpaired) electrons. The Morgan fingerprint density at radius 1 is 1.57 bits per heavy atom. The minimum absolute atomic E-state index is 0.0141. The van der Waals surface area contributed by atoms with Gasteiger partial charge in [-0.05, 0) is 6.07 Å². The monoisotopic (exact) mass is 197 g/mol. The lowest BCUT2D eigenvalue weighted by molar-refractivity contribution is -0.129. The molecule has 0 spiro atoms.